The predicted molar refractivity (Wildman–Crippen MR) is 151 cm³/mol. The predicted octanol–water partition coefficient (Wildman–Crippen LogP) is 8.82. The van der Waals surface area contributed by atoms with Gasteiger partial charge in [0.15, 0.2) is 0 Å². The Kier molecular flexibility index (Phi) is 39.3. The number of carbonyl (C=O) groups is 1. The van der Waals surface area contributed by atoms with Gasteiger partial charge in [-0.15, -0.1) is 23.6 Å². The van der Waals surface area contributed by atoms with Crippen molar-refractivity contribution in [1.29, 1.82) is 0 Å². The third kappa shape index (κ3) is 39.8. The molecule has 192 valence electrons. The van der Waals surface area contributed by atoms with E-state index in [9.17, 15) is 4.79 Å². The molecule has 0 heterocycles. The van der Waals surface area contributed by atoms with Crippen LogP contribution in [0.2, 0.25) is 0 Å². The number of amides is 1. The van der Waals surface area contributed by atoms with Crippen LogP contribution in [0, 0.1) is 0 Å². The SMILES string of the molecule is Br.C=CCNCCC.CCCCCCCC/C=C\CCCCCCCCCCCC(N)=O. The standard InChI is InChI=1S/C22H43NO.C6H13N.BrH/c1-2-3-4-5-6-7-8-9-10-11-12-13-14-15-16-17-18-19-20-21-22(23)24;1-3-5-7-6-4-2;/h9-10H,2-8,11-21H2,1H3,(H2,23,24);3,7H,1,4-6H2,2H3;1H/b10-9-;;. The minimum atomic E-state index is -0.156. The summed E-state index contributed by atoms with van der Waals surface area (Å²) in [5.74, 6) is -0.156. The van der Waals surface area contributed by atoms with E-state index >= 15 is 0 Å². The molecule has 0 saturated carbocycles. The van der Waals surface area contributed by atoms with Gasteiger partial charge in [-0.25, -0.2) is 0 Å². The second kappa shape index (κ2) is 35.0. The molecule has 0 bridgehead atoms. The van der Waals surface area contributed by atoms with E-state index in [0.29, 0.717) is 6.42 Å². The third-order valence-electron chi connectivity index (χ3n) is 5.40. The lowest BCUT2D eigenvalue weighted by atomic mass is 10.1. The minimum Gasteiger partial charge on any atom is -0.370 e. The molecule has 0 aliphatic rings. The summed E-state index contributed by atoms with van der Waals surface area (Å²) >= 11 is 0. The molecular weight excluding hydrogens is 460 g/mol. The van der Waals surface area contributed by atoms with E-state index in [1.165, 1.54) is 103 Å². The van der Waals surface area contributed by atoms with Crippen molar-refractivity contribution in [3.05, 3.63) is 24.8 Å². The van der Waals surface area contributed by atoms with Crippen LogP contribution in [0.5, 0.6) is 0 Å². The quantitative estimate of drug-likeness (QED) is 0.105. The third-order valence-corrected chi connectivity index (χ3v) is 5.40. The summed E-state index contributed by atoms with van der Waals surface area (Å²) in [6.07, 6.45) is 30.9. The molecule has 0 aromatic carbocycles. The zero-order chi connectivity index (χ0) is 23.3. The second-order valence-corrected chi connectivity index (χ2v) is 8.71. The highest BCUT2D eigenvalue weighted by atomic mass is 79.9. The van der Waals surface area contributed by atoms with Crippen LogP contribution in [0.4, 0.5) is 0 Å². The van der Waals surface area contributed by atoms with E-state index in [1.54, 1.807) is 0 Å². The van der Waals surface area contributed by atoms with Gasteiger partial charge in [-0.3, -0.25) is 4.79 Å². The average Bonchev–Trinajstić information content (AvgIpc) is 2.76. The molecule has 0 saturated heterocycles. The molecule has 0 aliphatic heterocycles. The first-order valence-electron chi connectivity index (χ1n) is 13.4. The van der Waals surface area contributed by atoms with Gasteiger partial charge in [-0.2, -0.15) is 0 Å². The molecule has 0 aromatic rings. The molecule has 0 aromatic heterocycles. The topological polar surface area (TPSA) is 55.1 Å². The molecule has 3 N–H and O–H groups in total. The van der Waals surface area contributed by atoms with Crippen LogP contribution in [-0.2, 0) is 4.79 Å². The van der Waals surface area contributed by atoms with Crippen molar-refractivity contribution in [3.63, 3.8) is 0 Å². The number of nitrogens with one attached hydrogen (secondary N) is 1. The fourth-order valence-electron chi connectivity index (χ4n) is 3.46. The van der Waals surface area contributed by atoms with E-state index in [2.05, 4.69) is 37.9 Å². The van der Waals surface area contributed by atoms with Gasteiger partial charge in [0.2, 0.25) is 5.91 Å². The number of unbranched alkanes of at least 4 members (excludes halogenated alkanes) is 15. The fraction of sp³-hybridized carbons (Fsp3) is 0.821. The van der Waals surface area contributed by atoms with Crippen LogP contribution in [0.15, 0.2) is 24.8 Å². The molecule has 0 atom stereocenters. The van der Waals surface area contributed by atoms with E-state index in [4.69, 9.17) is 5.73 Å². The van der Waals surface area contributed by atoms with Crippen molar-refractivity contribution in [2.24, 2.45) is 5.73 Å². The zero-order valence-electron chi connectivity index (χ0n) is 21.7. The van der Waals surface area contributed by atoms with Crippen molar-refractivity contribution in [1.82, 2.24) is 5.32 Å². The molecule has 0 aliphatic carbocycles. The Morgan fingerprint density at radius 2 is 1.16 bits per heavy atom. The molecule has 32 heavy (non-hydrogen) atoms. The Labute approximate surface area is 212 Å². The number of nitrogens with two attached hydrogens (primary N) is 1. The summed E-state index contributed by atoms with van der Waals surface area (Å²) < 4.78 is 0. The molecular formula is C28H57BrN2O. The minimum absolute atomic E-state index is 0. The van der Waals surface area contributed by atoms with Gasteiger partial charge >= 0.3 is 0 Å². The maximum absolute atomic E-state index is 10.6. The van der Waals surface area contributed by atoms with E-state index < -0.39 is 0 Å². The number of allylic oxidation sites excluding steroid dienone is 2. The maximum Gasteiger partial charge on any atom is 0.217 e. The van der Waals surface area contributed by atoms with Crippen LogP contribution in [-0.4, -0.2) is 19.0 Å². The Morgan fingerprint density at radius 1 is 0.719 bits per heavy atom. The lowest BCUT2D eigenvalue weighted by Crippen LogP contribution is -2.13. The summed E-state index contributed by atoms with van der Waals surface area (Å²) in [7, 11) is 0. The monoisotopic (exact) mass is 516 g/mol. The van der Waals surface area contributed by atoms with E-state index in [1.807, 2.05) is 6.08 Å². The Morgan fingerprint density at radius 3 is 1.56 bits per heavy atom. The Bertz CT molecular complexity index is 386. The summed E-state index contributed by atoms with van der Waals surface area (Å²) in [4.78, 5) is 10.6. The van der Waals surface area contributed by atoms with Gasteiger partial charge in [0.1, 0.15) is 0 Å². The largest absolute Gasteiger partial charge is 0.370 e. The van der Waals surface area contributed by atoms with Crippen LogP contribution < -0.4 is 11.1 Å². The number of halogens is 1. The summed E-state index contributed by atoms with van der Waals surface area (Å²) in [6.45, 7) is 10.0. The Hall–Kier alpha value is -0.610. The normalized spacial score (nSPS) is 10.4. The lowest BCUT2D eigenvalue weighted by molar-refractivity contribution is -0.118. The van der Waals surface area contributed by atoms with Crippen molar-refractivity contribution >= 4 is 22.9 Å². The molecule has 3 nitrogen and oxygen atoms in total. The first-order chi connectivity index (χ1) is 15.2. The summed E-state index contributed by atoms with van der Waals surface area (Å²) in [5.41, 5.74) is 5.13. The van der Waals surface area contributed by atoms with Crippen molar-refractivity contribution in [3.8, 4) is 0 Å². The molecule has 4 heteroatoms. The van der Waals surface area contributed by atoms with Gasteiger partial charge in [0, 0.05) is 13.0 Å². The zero-order valence-corrected chi connectivity index (χ0v) is 23.4. The van der Waals surface area contributed by atoms with Crippen LogP contribution in [0.25, 0.3) is 0 Å². The highest BCUT2D eigenvalue weighted by Crippen LogP contribution is 2.12. The van der Waals surface area contributed by atoms with Gasteiger partial charge in [0.05, 0.1) is 0 Å². The molecule has 0 unspecified atom stereocenters. The summed E-state index contributed by atoms with van der Waals surface area (Å²) in [6, 6.07) is 0. The van der Waals surface area contributed by atoms with Crippen molar-refractivity contribution in [2.75, 3.05) is 13.1 Å². The average molecular weight is 518 g/mol. The number of rotatable bonds is 23. The van der Waals surface area contributed by atoms with Crippen LogP contribution in [0.3, 0.4) is 0 Å². The highest BCUT2D eigenvalue weighted by molar-refractivity contribution is 8.93. The lowest BCUT2D eigenvalue weighted by Gasteiger charge is -2.01. The molecule has 1 amide bonds. The maximum atomic E-state index is 10.6. The first-order valence-corrected chi connectivity index (χ1v) is 13.4. The fourth-order valence-corrected chi connectivity index (χ4v) is 3.46. The number of primary amides is 1. The number of hydrogen-bond donors (Lipinski definition) is 2. The second-order valence-electron chi connectivity index (χ2n) is 8.71. The molecule has 0 spiro atoms. The van der Waals surface area contributed by atoms with Crippen LogP contribution >= 0.6 is 17.0 Å². The summed E-state index contributed by atoms with van der Waals surface area (Å²) in [5, 5.41) is 3.17. The van der Waals surface area contributed by atoms with Crippen molar-refractivity contribution in [2.45, 2.75) is 136 Å². The molecule has 0 radical (unpaired) electrons. The first kappa shape index (κ1) is 36.0. The molecule has 0 rings (SSSR count). The van der Waals surface area contributed by atoms with Gasteiger partial charge in [-0.05, 0) is 45.1 Å². The number of hydrogen-bond acceptors (Lipinski definition) is 2. The van der Waals surface area contributed by atoms with E-state index in [-0.39, 0.29) is 22.9 Å². The van der Waals surface area contributed by atoms with Gasteiger partial charge in [0.25, 0.3) is 0 Å². The smallest absolute Gasteiger partial charge is 0.217 e. The van der Waals surface area contributed by atoms with Crippen LogP contribution in [0.1, 0.15) is 136 Å². The Balaban J connectivity index is -0.000000903. The van der Waals surface area contributed by atoms with Gasteiger partial charge < -0.3 is 11.1 Å². The van der Waals surface area contributed by atoms with Gasteiger partial charge in [-0.1, -0.05) is 109 Å². The molecule has 0 fully saturated rings. The van der Waals surface area contributed by atoms with E-state index in [0.717, 1.165) is 25.9 Å². The number of carbonyl (C=O) groups excluding carboxylic acids is 1. The highest BCUT2D eigenvalue weighted by Gasteiger charge is 1.95. The van der Waals surface area contributed by atoms with Crippen molar-refractivity contribution < 1.29 is 4.79 Å².